The summed E-state index contributed by atoms with van der Waals surface area (Å²) in [5.74, 6) is 1.29. The molecule has 0 saturated heterocycles. The molecule has 3 heteroatoms. The summed E-state index contributed by atoms with van der Waals surface area (Å²) in [5, 5.41) is 0. The molecule has 0 bridgehead atoms. The molecule has 0 spiro atoms. The molecule has 0 fully saturated rings. The van der Waals surface area contributed by atoms with Crippen LogP contribution in [0.15, 0.2) is 109 Å². The molecule has 0 aliphatic rings. The molecule has 0 N–H and O–H groups in total. The Morgan fingerprint density at radius 2 is 1.19 bits per heavy atom. The number of hydrogen-bond acceptors (Lipinski definition) is 0. The molecule has 0 amide bonds. The Kier molecular flexibility index (Phi) is 8.99. The van der Waals surface area contributed by atoms with E-state index in [1.165, 1.54) is 50.6 Å². The average Bonchev–Trinajstić information content (AvgIpc) is 3.22. The molecule has 1 heterocycles. The fourth-order valence-electron chi connectivity index (χ4n) is 5.28. The van der Waals surface area contributed by atoms with Crippen LogP contribution in [0.2, 0.25) is 0 Å². The van der Waals surface area contributed by atoms with Gasteiger partial charge in [-0.15, -0.1) is 0 Å². The van der Waals surface area contributed by atoms with Crippen LogP contribution in [0.3, 0.4) is 0 Å². The maximum absolute atomic E-state index is 2.60. The van der Waals surface area contributed by atoms with Gasteiger partial charge in [-0.05, 0) is 37.0 Å². The highest BCUT2D eigenvalue weighted by Gasteiger charge is 2.34. The quantitative estimate of drug-likeness (QED) is 0.171. The molecule has 4 aromatic carbocycles. The van der Waals surface area contributed by atoms with Crippen LogP contribution < -0.4 is 28.5 Å². The molecule has 5 aromatic rings. The largest absolute Gasteiger partial charge is 1.00 e. The third-order valence-electron chi connectivity index (χ3n) is 6.99. The number of aromatic nitrogens is 2. The highest BCUT2D eigenvalue weighted by molar-refractivity contribution is 5.80. The third kappa shape index (κ3) is 5.57. The highest BCUT2D eigenvalue weighted by atomic mass is 127. The monoisotopic (exact) mass is 598 g/mol. The number of nitrogens with zero attached hydrogens (tertiary/aromatic N) is 2. The van der Waals surface area contributed by atoms with Crippen LogP contribution in [-0.4, -0.2) is 4.57 Å². The van der Waals surface area contributed by atoms with Gasteiger partial charge in [0.25, 0.3) is 5.82 Å². The zero-order chi connectivity index (χ0) is 24.9. The molecular weight excluding hydrogens is 563 g/mol. The van der Waals surface area contributed by atoms with Gasteiger partial charge >= 0.3 is 0 Å². The van der Waals surface area contributed by atoms with E-state index in [9.17, 15) is 0 Å². The van der Waals surface area contributed by atoms with Crippen molar-refractivity contribution in [3.63, 3.8) is 0 Å². The summed E-state index contributed by atoms with van der Waals surface area (Å²) in [6.45, 7) is 8.56. The summed E-state index contributed by atoms with van der Waals surface area (Å²) in [6.07, 6.45) is 2.28. The summed E-state index contributed by atoms with van der Waals surface area (Å²) < 4.78 is 5.16. The predicted molar refractivity (Wildman–Crippen MR) is 151 cm³/mol. The van der Waals surface area contributed by atoms with Crippen LogP contribution in [0.5, 0.6) is 0 Å². The van der Waals surface area contributed by atoms with Gasteiger partial charge in [-0.3, -0.25) is 0 Å². The molecule has 0 unspecified atom stereocenters. The topological polar surface area (TPSA) is 8.81 Å². The van der Waals surface area contributed by atoms with E-state index in [0.717, 1.165) is 25.9 Å². The standard InChI is InChI=1S/C34H35N2.HI/c1-4-5-24-35-32(29-20-11-7-12-21-29)33(30-22-13-8-14-23-30)36(25-28-18-9-6-10-19-28)34(35)31-26(2)16-15-17-27(31)3;/h6-23H,4-5,24-25H2,1-3H3;1H/q+1;/p-1. The molecule has 1 aromatic heterocycles. The van der Waals surface area contributed by atoms with Crippen LogP contribution in [-0.2, 0) is 13.1 Å². The minimum atomic E-state index is 0. The van der Waals surface area contributed by atoms with E-state index in [1.807, 2.05) is 0 Å². The Balaban J connectivity index is 0.00000320. The molecular formula is C34H35IN2. The Labute approximate surface area is 238 Å². The van der Waals surface area contributed by atoms with Crippen molar-refractivity contribution in [3.05, 3.63) is 126 Å². The first-order chi connectivity index (χ1) is 17.7. The zero-order valence-electron chi connectivity index (χ0n) is 22.0. The van der Waals surface area contributed by atoms with E-state index in [2.05, 4.69) is 139 Å². The van der Waals surface area contributed by atoms with E-state index in [1.54, 1.807) is 0 Å². The van der Waals surface area contributed by atoms with Gasteiger partial charge < -0.3 is 24.0 Å². The van der Waals surface area contributed by atoms with Crippen molar-refractivity contribution in [1.82, 2.24) is 4.57 Å². The van der Waals surface area contributed by atoms with Gasteiger partial charge in [0.2, 0.25) is 0 Å². The van der Waals surface area contributed by atoms with Crippen molar-refractivity contribution in [2.45, 2.75) is 46.7 Å². The lowest BCUT2D eigenvalue weighted by Gasteiger charge is -2.12. The maximum atomic E-state index is 2.60. The Bertz CT molecular complexity index is 1420. The number of hydrogen-bond donors (Lipinski definition) is 0. The lowest BCUT2D eigenvalue weighted by Crippen LogP contribution is -3.00. The van der Waals surface area contributed by atoms with Crippen LogP contribution in [0, 0.1) is 13.8 Å². The van der Waals surface area contributed by atoms with Crippen LogP contribution in [0.1, 0.15) is 36.5 Å². The fraction of sp³-hybridized carbons (Fsp3) is 0.206. The second-order valence-corrected chi connectivity index (χ2v) is 9.60. The molecule has 5 rings (SSSR count). The first-order valence-corrected chi connectivity index (χ1v) is 13.1. The molecule has 0 aliphatic heterocycles. The number of benzene rings is 4. The second kappa shape index (κ2) is 12.4. The zero-order valence-corrected chi connectivity index (χ0v) is 24.2. The normalized spacial score (nSPS) is 10.8. The molecule has 0 atom stereocenters. The third-order valence-corrected chi connectivity index (χ3v) is 6.99. The molecule has 0 saturated carbocycles. The lowest BCUT2D eigenvalue weighted by molar-refractivity contribution is -0.666. The van der Waals surface area contributed by atoms with Crippen molar-refractivity contribution in [2.24, 2.45) is 0 Å². The van der Waals surface area contributed by atoms with Gasteiger partial charge in [-0.1, -0.05) is 123 Å². The van der Waals surface area contributed by atoms with E-state index in [4.69, 9.17) is 0 Å². The number of imidazole rings is 1. The molecule has 0 radical (unpaired) electrons. The van der Waals surface area contributed by atoms with Crippen LogP contribution in [0.4, 0.5) is 0 Å². The summed E-state index contributed by atoms with van der Waals surface area (Å²) >= 11 is 0. The van der Waals surface area contributed by atoms with Crippen molar-refractivity contribution < 1.29 is 28.5 Å². The minimum Gasteiger partial charge on any atom is -1.00 e. The lowest BCUT2D eigenvalue weighted by atomic mass is 10.0. The van der Waals surface area contributed by atoms with Gasteiger partial charge in [-0.25, -0.2) is 9.13 Å². The van der Waals surface area contributed by atoms with Gasteiger partial charge in [0.15, 0.2) is 11.4 Å². The Morgan fingerprint density at radius 1 is 0.649 bits per heavy atom. The predicted octanol–water partition coefficient (Wildman–Crippen LogP) is 5.25. The van der Waals surface area contributed by atoms with E-state index >= 15 is 0 Å². The van der Waals surface area contributed by atoms with Crippen LogP contribution >= 0.6 is 0 Å². The van der Waals surface area contributed by atoms with E-state index in [-0.39, 0.29) is 24.0 Å². The summed E-state index contributed by atoms with van der Waals surface area (Å²) in [7, 11) is 0. The van der Waals surface area contributed by atoms with E-state index in [0.29, 0.717) is 0 Å². The average molecular weight is 599 g/mol. The molecule has 2 nitrogen and oxygen atoms in total. The van der Waals surface area contributed by atoms with Gasteiger partial charge in [0, 0.05) is 11.1 Å². The fourth-order valence-corrected chi connectivity index (χ4v) is 5.28. The number of aryl methyl sites for hydroxylation is 2. The first-order valence-electron chi connectivity index (χ1n) is 13.1. The SMILES string of the molecule is CCCCn1c(-c2ccccc2)c(-c2ccccc2)[n+](Cc2ccccc2)c1-c1c(C)cccc1C.[I-]. The summed E-state index contributed by atoms with van der Waals surface area (Å²) in [4.78, 5) is 0. The second-order valence-electron chi connectivity index (χ2n) is 9.60. The number of halogens is 1. The Hall–Kier alpha value is -3.18. The van der Waals surface area contributed by atoms with Crippen molar-refractivity contribution in [2.75, 3.05) is 0 Å². The number of unbranched alkanes of at least 4 members (excludes halogenated alkanes) is 1. The van der Waals surface area contributed by atoms with E-state index < -0.39 is 0 Å². The van der Waals surface area contributed by atoms with Crippen molar-refractivity contribution in [1.29, 1.82) is 0 Å². The van der Waals surface area contributed by atoms with Crippen LogP contribution in [0.25, 0.3) is 33.9 Å². The van der Waals surface area contributed by atoms with Crippen molar-refractivity contribution >= 4 is 0 Å². The number of rotatable bonds is 8. The first kappa shape index (κ1) is 26.9. The minimum absolute atomic E-state index is 0. The molecule has 188 valence electrons. The maximum Gasteiger partial charge on any atom is 0.290 e. The van der Waals surface area contributed by atoms with Gasteiger partial charge in [-0.2, -0.15) is 0 Å². The Morgan fingerprint density at radius 3 is 1.76 bits per heavy atom. The van der Waals surface area contributed by atoms with Gasteiger partial charge in [0.05, 0.1) is 12.1 Å². The molecule has 37 heavy (non-hydrogen) atoms. The van der Waals surface area contributed by atoms with Gasteiger partial charge in [0.1, 0.15) is 6.54 Å². The summed E-state index contributed by atoms with van der Waals surface area (Å²) in [6, 6.07) is 39.4. The van der Waals surface area contributed by atoms with Crippen molar-refractivity contribution in [3.8, 4) is 33.9 Å². The summed E-state index contributed by atoms with van der Waals surface area (Å²) in [5.41, 5.74) is 10.3. The highest BCUT2D eigenvalue weighted by Crippen LogP contribution is 2.37. The molecule has 0 aliphatic carbocycles. The smallest absolute Gasteiger partial charge is 0.290 e.